The lowest BCUT2D eigenvalue weighted by Crippen LogP contribution is -2.25. The molecule has 3 nitrogen and oxygen atoms in total. The number of aliphatic hydroxyl groups is 1. The third-order valence-corrected chi connectivity index (χ3v) is 4.11. The number of likely N-dealkylation sites (N-methyl/N-ethyl adjacent to an activating group) is 1. The Morgan fingerprint density at radius 1 is 1.19 bits per heavy atom. The van der Waals surface area contributed by atoms with Gasteiger partial charge in [-0.25, -0.2) is 0 Å². The van der Waals surface area contributed by atoms with E-state index in [2.05, 4.69) is 0 Å². The molecule has 4 heteroatoms. The van der Waals surface area contributed by atoms with Crippen LogP contribution in [0.2, 0.25) is 5.02 Å². The first-order chi connectivity index (χ1) is 10.1. The van der Waals surface area contributed by atoms with Crippen LogP contribution in [0.1, 0.15) is 29.7 Å². The molecule has 1 N–H and O–H groups in total. The topological polar surface area (TPSA) is 40.5 Å². The second-order valence-corrected chi connectivity index (χ2v) is 5.59. The van der Waals surface area contributed by atoms with Gasteiger partial charge in [0.25, 0.3) is 0 Å². The summed E-state index contributed by atoms with van der Waals surface area (Å²) in [5.74, 6) is 0.116. The van der Waals surface area contributed by atoms with Gasteiger partial charge < -0.3 is 10.0 Å². The summed E-state index contributed by atoms with van der Waals surface area (Å²) in [6, 6.07) is 12.8. The van der Waals surface area contributed by atoms with Gasteiger partial charge in [0.05, 0.1) is 6.42 Å². The third-order valence-electron chi connectivity index (χ3n) is 3.85. The molecule has 0 bridgehead atoms. The smallest absolute Gasteiger partial charge is 0.231 e. The van der Waals surface area contributed by atoms with Crippen LogP contribution in [-0.2, 0) is 11.2 Å². The van der Waals surface area contributed by atoms with Crippen molar-refractivity contribution in [3.63, 3.8) is 0 Å². The maximum atomic E-state index is 11.9. The van der Waals surface area contributed by atoms with Crippen LogP contribution in [0.15, 0.2) is 42.5 Å². The second-order valence-electron chi connectivity index (χ2n) is 5.16. The van der Waals surface area contributed by atoms with E-state index in [0.717, 1.165) is 22.4 Å². The monoisotopic (exact) mass is 301 g/mol. The fourth-order valence-corrected chi connectivity index (χ4v) is 2.88. The standard InChI is InChI=1S/C17H16ClNO2/c1-2-19-15-8-5-12(9-13(15)10-16(19)20)17(21)11-3-6-14(18)7-4-11/h3-9,17,21H,2,10H2,1H3. The Labute approximate surface area is 128 Å². The molecule has 1 aliphatic rings. The molecule has 2 aromatic carbocycles. The fourth-order valence-electron chi connectivity index (χ4n) is 2.76. The molecular formula is C17H16ClNO2. The number of halogens is 1. The Kier molecular flexibility index (Phi) is 3.70. The van der Waals surface area contributed by atoms with E-state index >= 15 is 0 Å². The molecule has 0 saturated carbocycles. The van der Waals surface area contributed by atoms with Crippen molar-refractivity contribution in [2.75, 3.05) is 11.4 Å². The van der Waals surface area contributed by atoms with Crippen LogP contribution in [0.3, 0.4) is 0 Å². The molecule has 1 unspecified atom stereocenters. The van der Waals surface area contributed by atoms with Crippen LogP contribution < -0.4 is 4.90 Å². The van der Waals surface area contributed by atoms with Crippen LogP contribution in [0.4, 0.5) is 5.69 Å². The van der Waals surface area contributed by atoms with Crippen LogP contribution in [-0.4, -0.2) is 17.6 Å². The van der Waals surface area contributed by atoms with E-state index in [9.17, 15) is 9.90 Å². The molecule has 1 amide bonds. The SMILES string of the molecule is CCN1C(=O)Cc2cc(C(O)c3ccc(Cl)cc3)ccc21. The van der Waals surface area contributed by atoms with Crippen LogP contribution in [0.25, 0.3) is 0 Å². The average molecular weight is 302 g/mol. The molecule has 0 aromatic heterocycles. The van der Waals surface area contributed by atoms with Gasteiger partial charge in [0, 0.05) is 17.3 Å². The predicted molar refractivity (Wildman–Crippen MR) is 83.7 cm³/mol. The zero-order valence-electron chi connectivity index (χ0n) is 11.7. The highest BCUT2D eigenvalue weighted by atomic mass is 35.5. The fraction of sp³-hybridized carbons (Fsp3) is 0.235. The van der Waals surface area contributed by atoms with Gasteiger partial charge in [-0.05, 0) is 41.8 Å². The number of anilines is 1. The van der Waals surface area contributed by atoms with Gasteiger partial charge >= 0.3 is 0 Å². The lowest BCUT2D eigenvalue weighted by Gasteiger charge is -2.16. The van der Waals surface area contributed by atoms with Crippen LogP contribution in [0, 0.1) is 0 Å². The molecule has 2 aromatic rings. The van der Waals surface area contributed by atoms with E-state index in [4.69, 9.17) is 11.6 Å². The molecule has 0 fully saturated rings. The Hall–Kier alpha value is -1.84. The quantitative estimate of drug-likeness (QED) is 0.944. The second kappa shape index (κ2) is 5.51. The molecule has 1 aliphatic heterocycles. The van der Waals surface area contributed by atoms with Crippen molar-refractivity contribution in [2.45, 2.75) is 19.4 Å². The van der Waals surface area contributed by atoms with Crippen molar-refractivity contribution in [3.05, 3.63) is 64.2 Å². The van der Waals surface area contributed by atoms with E-state index in [0.29, 0.717) is 18.0 Å². The third kappa shape index (κ3) is 2.55. The molecule has 3 rings (SSSR count). The van der Waals surface area contributed by atoms with Crippen molar-refractivity contribution in [1.29, 1.82) is 0 Å². The summed E-state index contributed by atoms with van der Waals surface area (Å²) >= 11 is 5.86. The van der Waals surface area contributed by atoms with Gasteiger partial charge in [-0.15, -0.1) is 0 Å². The van der Waals surface area contributed by atoms with Crippen molar-refractivity contribution in [3.8, 4) is 0 Å². The Balaban J connectivity index is 1.93. The minimum atomic E-state index is -0.710. The van der Waals surface area contributed by atoms with E-state index in [1.165, 1.54) is 0 Å². The summed E-state index contributed by atoms with van der Waals surface area (Å²) in [6.07, 6.45) is -0.303. The van der Waals surface area contributed by atoms with Gasteiger partial charge in [-0.1, -0.05) is 35.9 Å². The van der Waals surface area contributed by atoms with E-state index < -0.39 is 6.10 Å². The number of benzene rings is 2. The van der Waals surface area contributed by atoms with Gasteiger partial charge in [-0.3, -0.25) is 4.79 Å². The number of hydrogen-bond donors (Lipinski definition) is 1. The summed E-state index contributed by atoms with van der Waals surface area (Å²) in [6.45, 7) is 2.63. The average Bonchev–Trinajstić information content (AvgIpc) is 2.81. The Bertz CT molecular complexity index is 682. The van der Waals surface area contributed by atoms with Crippen LogP contribution in [0.5, 0.6) is 0 Å². The zero-order chi connectivity index (χ0) is 15.0. The Morgan fingerprint density at radius 3 is 2.52 bits per heavy atom. The number of carbonyl (C=O) groups excluding carboxylic acids is 1. The van der Waals surface area contributed by atoms with Crippen molar-refractivity contribution >= 4 is 23.2 Å². The first kappa shape index (κ1) is 14.1. The van der Waals surface area contributed by atoms with Crippen LogP contribution >= 0.6 is 11.6 Å². The van der Waals surface area contributed by atoms with Gasteiger partial charge in [0.15, 0.2) is 0 Å². The van der Waals surface area contributed by atoms with E-state index in [-0.39, 0.29) is 5.91 Å². The summed E-state index contributed by atoms with van der Waals surface area (Å²) in [4.78, 5) is 13.7. The first-order valence-electron chi connectivity index (χ1n) is 6.97. The maximum absolute atomic E-state index is 11.9. The molecule has 0 spiro atoms. The van der Waals surface area contributed by atoms with Gasteiger partial charge in [0.1, 0.15) is 6.10 Å². The lowest BCUT2D eigenvalue weighted by atomic mass is 9.99. The van der Waals surface area contributed by atoms with Crippen molar-refractivity contribution < 1.29 is 9.90 Å². The van der Waals surface area contributed by atoms with E-state index in [1.807, 2.05) is 37.3 Å². The number of fused-ring (bicyclic) bond motifs is 1. The predicted octanol–water partition coefficient (Wildman–Crippen LogP) is 3.33. The highest BCUT2D eigenvalue weighted by molar-refractivity contribution is 6.30. The van der Waals surface area contributed by atoms with Gasteiger partial charge in [0.2, 0.25) is 5.91 Å². The molecule has 21 heavy (non-hydrogen) atoms. The number of carbonyl (C=O) groups is 1. The summed E-state index contributed by atoms with van der Waals surface area (Å²) in [5.41, 5.74) is 3.51. The maximum Gasteiger partial charge on any atom is 0.231 e. The summed E-state index contributed by atoms with van der Waals surface area (Å²) in [7, 11) is 0. The molecule has 0 saturated heterocycles. The minimum absolute atomic E-state index is 0.116. The van der Waals surface area contributed by atoms with Crippen molar-refractivity contribution in [1.82, 2.24) is 0 Å². The number of rotatable bonds is 3. The largest absolute Gasteiger partial charge is 0.384 e. The Morgan fingerprint density at radius 2 is 1.86 bits per heavy atom. The summed E-state index contributed by atoms with van der Waals surface area (Å²) in [5, 5.41) is 11.1. The number of amides is 1. The number of hydrogen-bond acceptors (Lipinski definition) is 2. The van der Waals surface area contributed by atoms with E-state index in [1.54, 1.807) is 17.0 Å². The number of aliphatic hydroxyl groups excluding tert-OH is 1. The number of nitrogens with zero attached hydrogens (tertiary/aromatic N) is 1. The molecule has 108 valence electrons. The zero-order valence-corrected chi connectivity index (χ0v) is 12.5. The lowest BCUT2D eigenvalue weighted by molar-refractivity contribution is -0.117. The van der Waals surface area contributed by atoms with Gasteiger partial charge in [-0.2, -0.15) is 0 Å². The summed E-state index contributed by atoms with van der Waals surface area (Å²) < 4.78 is 0. The molecule has 0 aliphatic carbocycles. The molecule has 1 atom stereocenters. The first-order valence-corrected chi connectivity index (χ1v) is 7.34. The molecule has 0 radical (unpaired) electrons. The highest BCUT2D eigenvalue weighted by Crippen LogP contribution is 2.32. The molecule has 1 heterocycles. The van der Waals surface area contributed by atoms with Crippen molar-refractivity contribution in [2.24, 2.45) is 0 Å². The minimum Gasteiger partial charge on any atom is -0.384 e. The molecular weight excluding hydrogens is 286 g/mol. The highest BCUT2D eigenvalue weighted by Gasteiger charge is 2.26. The normalized spacial score (nSPS) is 15.2.